The molecule has 0 spiro atoms. The second-order valence-electron chi connectivity index (χ2n) is 5.95. The molecule has 0 aliphatic heterocycles. The Morgan fingerprint density at radius 3 is 2.29 bits per heavy atom. The SMILES string of the molecule is COCOc1cc(OCOC)c(-c2ccc(/C=C/C(=O)OC)o2)c(CC(=O)OC)c1Br. The predicted octanol–water partition coefficient (Wildman–Crippen LogP) is 3.58. The molecule has 31 heavy (non-hydrogen) atoms. The first-order chi connectivity index (χ1) is 14.9. The zero-order valence-electron chi connectivity index (χ0n) is 17.6. The highest BCUT2D eigenvalue weighted by Gasteiger charge is 2.24. The highest BCUT2D eigenvalue weighted by atomic mass is 79.9. The Bertz CT molecular complexity index is 933. The van der Waals surface area contributed by atoms with Gasteiger partial charge in [-0.1, -0.05) is 0 Å². The number of halogens is 1. The molecule has 0 fully saturated rings. The van der Waals surface area contributed by atoms with Crippen LogP contribution in [0, 0.1) is 0 Å². The van der Waals surface area contributed by atoms with E-state index in [1.807, 2.05) is 0 Å². The molecule has 0 saturated heterocycles. The first-order valence-corrected chi connectivity index (χ1v) is 9.76. The molecule has 9 nitrogen and oxygen atoms in total. The molecule has 1 aromatic carbocycles. The summed E-state index contributed by atoms with van der Waals surface area (Å²) in [6.07, 6.45) is 2.61. The lowest BCUT2D eigenvalue weighted by atomic mass is 10.0. The summed E-state index contributed by atoms with van der Waals surface area (Å²) in [5, 5.41) is 0. The number of hydrogen-bond donors (Lipinski definition) is 0. The van der Waals surface area contributed by atoms with Crippen molar-refractivity contribution in [3.8, 4) is 22.8 Å². The van der Waals surface area contributed by atoms with Crippen molar-refractivity contribution >= 4 is 33.9 Å². The van der Waals surface area contributed by atoms with Crippen molar-refractivity contribution in [2.45, 2.75) is 6.42 Å². The van der Waals surface area contributed by atoms with Crippen LogP contribution in [-0.4, -0.2) is 54.0 Å². The fraction of sp³-hybridized carbons (Fsp3) is 0.333. The van der Waals surface area contributed by atoms with E-state index in [-0.39, 0.29) is 20.0 Å². The first-order valence-electron chi connectivity index (χ1n) is 8.97. The Labute approximate surface area is 187 Å². The Morgan fingerprint density at radius 1 is 1.00 bits per heavy atom. The summed E-state index contributed by atoms with van der Waals surface area (Å²) in [7, 11) is 5.56. The highest BCUT2D eigenvalue weighted by molar-refractivity contribution is 9.10. The van der Waals surface area contributed by atoms with E-state index >= 15 is 0 Å². The average Bonchev–Trinajstić information content (AvgIpc) is 3.24. The predicted molar refractivity (Wildman–Crippen MR) is 114 cm³/mol. The van der Waals surface area contributed by atoms with Gasteiger partial charge in [-0.05, 0) is 39.7 Å². The van der Waals surface area contributed by atoms with Gasteiger partial charge in [-0.25, -0.2) is 4.79 Å². The molecule has 0 atom stereocenters. The van der Waals surface area contributed by atoms with Gasteiger partial charge in [-0.15, -0.1) is 0 Å². The van der Waals surface area contributed by atoms with Gasteiger partial charge in [0, 0.05) is 26.4 Å². The third-order valence-corrected chi connectivity index (χ3v) is 4.83. The molecule has 0 unspecified atom stereocenters. The lowest BCUT2D eigenvalue weighted by molar-refractivity contribution is -0.139. The van der Waals surface area contributed by atoms with Crippen molar-refractivity contribution in [2.24, 2.45) is 0 Å². The van der Waals surface area contributed by atoms with Crippen molar-refractivity contribution in [3.05, 3.63) is 40.1 Å². The first kappa shape index (κ1) is 24.4. The van der Waals surface area contributed by atoms with Gasteiger partial charge in [0.2, 0.25) is 0 Å². The van der Waals surface area contributed by atoms with E-state index in [9.17, 15) is 9.59 Å². The Balaban J connectivity index is 2.62. The molecule has 1 aromatic heterocycles. The topological polar surface area (TPSA) is 103 Å². The number of carbonyl (C=O) groups excluding carboxylic acids is 2. The molecular weight excluding hydrogens is 476 g/mol. The van der Waals surface area contributed by atoms with E-state index in [1.54, 1.807) is 18.2 Å². The summed E-state index contributed by atoms with van der Waals surface area (Å²) >= 11 is 3.49. The fourth-order valence-electron chi connectivity index (χ4n) is 2.57. The van der Waals surface area contributed by atoms with E-state index in [1.165, 1.54) is 40.6 Å². The van der Waals surface area contributed by atoms with Crippen molar-refractivity contribution in [2.75, 3.05) is 42.0 Å². The summed E-state index contributed by atoms with van der Waals surface area (Å²) in [6.45, 7) is -0.0611. The van der Waals surface area contributed by atoms with E-state index in [0.717, 1.165) is 0 Å². The summed E-state index contributed by atoms with van der Waals surface area (Å²) in [4.78, 5) is 23.5. The minimum absolute atomic E-state index is 0.0114. The van der Waals surface area contributed by atoms with E-state index in [4.69, 9.17) is 28.1 Å². The van der Waals surface area contributed by atoms with Gasteiger partial charge in [-0.2, -0.15) is 0 Å². The normalized spacial score (nSPS) is 10.9. The maximum absolute atomic E-state index is 12.1. The molecule has 2 rings (SSSR count). The summed E-state index contributed by atoms with van der Waals surface area (Å²) in [5.41, 5.74) is 1.02. The second-order valence-corrected chi connectivity index (χ2v) is 6.75. The van der Waals surface area contributed by atoms with Crippen LogP contribution in [0.4, 0.5) is 0 Å². The van der Waals surface area contributed by atoms with E-state index in [2.05, 4.69) is 20.7 Å². The molecule has 2 aromatic rings. The number of furan rings is 1. The number of rotatable bonds is 11. The largest absolute Gasteiger partial charge is 0.469 e. The van der Waals surface area contributed by atoms with Gasteiger partial charge in [-0.3, -0.25) is 4.79 Å². The molecule has 1 heterocycles. The molecule has 0 N–H and O–H groups in total. The van der Waals surface area contributed by atoms with Gasteiger partial charge in [0.05, 0.1) is 30.7 Å². The van der Waals surface area contributed by atoms with Crippen molar-refractivity contribution in [3.63, 3.8) is 0 Å². The molecule has 168 valence electrons. The summed E-state index contributed by atoms with van der Waals surface area (Å²) < 4.78 is 37.1. The molecule has 0 aliphatic carbocycles. The molecule has 10 heteroatoms. The minimum Gasteiger partial charge on any atom is -0.469 e. The van der Waals surface area contributed by atoms with Crippen LogP contribution in [0.2, 0.25) is 0 Å². The Morgan fingerprint density at radius 2 is 1.68 bits per heavy atom. The van der Waals surface area contributed by atoms with Gasteiger partial charge in [0.1, 0.15) is 23.0 Å². The molecule has 0 bridgehead atoms. The van der Waals surface area contributed by atoms with Crippen LogP contribution in [0.1, 0.15) is 11.3 Å². The molecular formula is C21H23BrO9. The van der Waals surface area contributed by atoms with Gasteiger partial charge >= 0.3 is 11.9 Å². The molecule has 0 aliphatic rings. The number of benzene rings is 1. The maximum atomic E-state index is 12.1. The van der Waals surface area contributed by atoms with E-state index in [0.29, 0.717) is 38.6 Å². The Hall–Kier alpha value is -2.82. The smallest absolute Gasteiger partial charge is 0.330 e. The van der Waals surface area contributed by atoms with Crippen LogP contribution in [-0.2, 0) is 35.0 Å². The van der Waals surface area contributed by atoms with Crippen LogP contribution in [0.15, 0.2) is 33.2 Å². The number of carbonyl (C=O) groups is 2. The van der Waals surface area contributed by atoms with Crippen molar-refractivity contribution in [1.29, 1.82) is 0 Å². The zero-order chi connectivity index (χ0) is 22.8. The quantitative estimate of drug-likeness (QED) is 0.261. The summed E-state index contributed by atoms with van der Waals surface area (Å²) in [5.74, 6) is 0.559. The third kappa shape index (κ3) is 6.58. The van der Waals surface area contributed by atoms with Crippen molar-refractivity contribution < 1.29 is 42.4 Å². The second kappa shape index (κ2) is 12.1. The monoisotopic (exact) mass is 498 g/mol. The van der Waals surface area contributed by atoms with Gasteiger partial charge in [0.15, 0.2) is 13.6 Å². The van der Waals surface area contributed by atoms with Crippen LogP contribution in [0.3, 0.4) is 0 Å². The lowest BCUT2D eigenvalue weighted by Crippen LogP contribution is -2.10. The molecule has 0 radical (unpaired) electrons. The van der Waals surface area contributed by atoms with Gasteiger partial charge < -0.3 is 32.8 Å². The van der Waals surface area contributed by atoms with Crippen LogP contribution < -0.4 is 9.47 Å². The number of ether oxygens (including phenoxy) is 6. The fourth-order valence-corrected chi connectivity index (χ4v) is 3.14. The average molecular weight is 499 g/mol. The molecule has 0 amide bonds. The lowest BCUT2D eigenvalue weighted by Gasteiger charge is -2.18. The Kier molecular flexibility index (Phi) is 9.57. The van der Waals surface area contributed by atoms with Gasteiger partial charge in [0.25, 0.3) is 0 Å². The standard InChI is InChI=1S/C21H23BrO9/c1-25-11-29-16-10-17(30-12-26-2)21(22)14(9-19(24)28-4)20(16)15-7-5-13(31-15)6-8-18(23)27-3/h5-8,10H,9,11-12H2,1-4H3/b8-6+. The van der Waals surface area contributed by atoms with Crippen molar-refractivity contribution in [1.82, 2.24) is 0 Å². The highest BCUT2D eigenvalue weighted by Crippen LogP contribution is 2.44. The minimum atomic E-state index is -0.518. The third-order valence-electron chi connectivity index (χ3n) is 3.96. The van der Waals surface area contributed by atoms with E-state index < -0.39 is 11.9 Å². The number of methoxy groups -OCH3 is 4. The maximum Gasteiger partial charge on any atom is 0.330 e. The van der Waals surface area contributed by atoms with Crippen LogP contribution >= 0.6 is 15.9 Å². The zero-order valence-corrected chi connectivity index (χ0v) is 19.1. The number of esters is 2. The van der Waals surface area contributed by atoms with Crippen LogP contribution in [0.5, 0.6) is 11.5 Å². The van der Waals surface area contributed by atoms with Crippen LogP contribution in [0.25, 0.3) is 17.4 Å². The number of hydrogen-bond acceptors (Lipinski definition) is 9. The molecule has 0 saturated carbocycles. The summed E-state index contributed by atoms with van der Waals surface area (Å²) in [6, 6.07) is 4.99.